The van der Waals surface area contributed by atoms with Crippen LogP contribution in [0.4, 0.5) is 11.8 Å². The Morgan fingerprint density at radius 1 is 1.19 bits per heavy atom. The third-order valence-electron chi connectivity index (χ3n) is 5.47. The van der Waals surface area contributed by atoms with Gasteiger partial charge in [-0.3, -0.25) is 0 Å². The van der Waals surface area contributed by atoms with Crippen molar-refractivity contribution >= 4 is 11.8 Å². The van der Waals surface area contributed by atoms with Crippen molar-refractivity contribution in [3.05, 3.63) is 47.2 Å². The summed E-state index contributed by atoms with van der Waals surface area (Å²) in [5.74, 6) is 1.85. The monoisotopic (exact) mass is 367 g/mol. The molecule has 1 saturated heterocycles. The Labute approximate surface area is 163 Å². The molecule has 3 rings (SSSR count). The summed E-state index contributed by atoms with van der Waals surface area (Å²) in [4.78, 5) is 11.2. The van der Waals surface area contributed by atoms with Crippen molar-refractivity contribution in [3.63, 3.8) is 0 Å². The van der Waals surface area contributed by atoms with Crippen LogP contribution in [0.15, 0.2) is 30.3 Å². The maximum Gasteiger partial charge on any atom is 0.222 e. The summed E-state index contributed by atoms with van der Waals surface area (Å²) in [7, 11) is 2.21. The molecule has 1 aromatic carbocycles. The van der Waals surface area contributed by atoms with Crippen molar-refractivity contribution < 1.29 is 0 Å². The molecule has 5 nitrogen and oxygen atoms in total. The minimum absolute atomic E-state index is 0.335. The lowest BCUT2D eigenvalue weighted by atomic mass is 9.89. The predicted molar refractivity (Wildman–Crippen MR) is 113 cm³/mol. The number of anilines is 2. The fourth-order valence-corrected chi connectivity index (χ4v) is 3.90. The van der Waals surface area contributed by atoms with Crippen molar-refractivity contribution in [1.29, 1.82) is 0 Å². The summed E-state index contributed by atoms with van der Waals surface area (Å²) in [5, 5.41) is 3.43. The van der Waals surface area contributed by atoms with Crippen LogP contribution in [-0.4, -0.2) is 41.0 Å². The van der Waals surface area contributed by atoms with E-state index in [9.17, 15) is 0 Å². The molecule has 146 valence electrons. The average molecular weight is 368 g/mol. The highest BCUT2D eigenvalue weighted by molar-refractivity contribution is 5.42. The molecule has 27 heavy (non-hydrogen) atoms. The molecule has 1 fully saturated rings. The van der Waals surface area contributed by atoms with Crippen molar-refractivity contribution in [2.24, 2.45) is 0 Å². The van der Waals surface area contributed by atoms with E-state index in [-0.39, 0.29) is 0 Å². The van der Waals surface area contributed by atoms with Crippen LogP contribution < -0.4 is 11.1 Å². The molecule has 0 radical (unpaired) electrons. The molecular weight excluding hydrogens is 334 g/mol. The van der Waals surface area contributed by atoms with Crippen molar-refractivity contribution in [2.75, 3.05) is 31.2 Å². The van der Waals surface area contributed by atoms with Crippen molar-refractivity contribution in [2.45, 2.75) is 57.9 Å². The second-order valence-corrected chi connectivity index (χ2v) is 7.93. The Kier molecular flexibility index (Phi) is 6.67. The van der Waals surface area contributed by atoms with E-state index in [2.05, 4.69) is 65.3 Å². The molecule has 1 atom stereocenters. The van der Waals surface area contributed by atoms with Gasteiger partial charge in [0.1, 0.15) is 5.82 Å². The third-order valence-corrected chi connectivity index (χ3v) is 5.47. The lowest BCUT2D eigenvalue weighted by Crippen LogP contribution is -2.29. The molecule has 2 heterocycles. The molecule has 1 aliphatic rings. The topological polar surface area (TPSA) is 67.1 Å². The highest BCUT2D eigenvalue weighted by atomic mass is 15.1. The summed E-state index contributed by atoms with van der Waals surface area (Å²) in [6.45, 7) is 6.74. The summed E-state index contributed by atoms with van der Waals surface area (Å²) in [6.07, 6.45) is 5.53. The normalized spacial score (nSPS) is 17.0. The highest BCUT2D eigenvalue weighted by Crippen LogP contribution is 2.28. The van der Waals surface area contributed by atoms with Gasteiger partial charge in [0.05, 0.1) is 5.69 Å². The van der Waals surface area contributed by atoms with Gasteiger partial charge in [0.15, 0.2) is 0 Å². The molecule has 2 aromatic rings. The number of hydrogen-bond acceptors (Lipinski definition) is 5. The van der Waals surface area contributed by atoms with Crippen LogP contribution in [0.2, 0.25) is 0 Å². The summed E-state index contributed by atoms with van der Waals surface area (Å²) in [5.41, 5.74) is 9.61. The standard InChI is InChI=1S/C22H33N5/c1-4-5-16(2)24-21-15-20(25-22(23)26-21)14-17-6-8-18(9-7-17)19-10-12-27(3)13-11-19/h6-9,15-16,19H,4-5,10-14H2,1-3H3,(H3,23,24,25,26)/t16-/m1/s1. The number of piperidine rings is 1. The minimum atomic E-state index is 0.335. The molecule has 0 aliphatic carbocycles. The van der Waals surface area contributed by atoms with Crippen LogP contribution in [0.5, 0.6) is 0 Å². The van der Waals surface area contributed by atoms with Crippen LogP contribution in [0.3, 0.4) is 0 Å². The molecule has 0 spiro atoms. The number of nitrogens with two attached hydrogens (primary N) is 1. The van der Waals surface area contributed by atoms with Gasteiger partial charge in [-0.1, -0.05) is 37.6 Å². The second-order valence-electron chi connectivity index (χ2n) is 7.93. The van der Waals surface area contributed by atoms with E-state index < -0.39 is 0 Å². The maximum absolute atomic E-state index is 5.93. The van der Waals surface area contributed by atoms with Gasteiger partial charge >= 0.3 is 0 Å². The Morgan fingerprint density at radius 3 is 2.56 bits per heavy atom. The van der Waals surface area contributed by atoms with Crippen molar-refractivity contribution in [1.82, 2.24) is 14.9 Å². The fraction of sp³-hybridized carbons (Fsp3) is 0.545. The molecule has 0 amide bonds. The summed E-state index contributed by atoms with van der Waals surface area (Å²) in [6, 6.07) is 11.5. The quantitative estimate of drug-likeness (QED) is 0.772. The lowest BCUT2D eigenvalue weighted by molar-refractivity contribution is 0.255. The Balaban J connectivity index is 1.65. The zero-order chi connectivity index (χ0) is 19.2. The SMILES string of the molecule is CCC[C@@H](C)Nc1cc(Cc2ccc(C3CCN(C)CC3)cc2)nc(N)n1. The number of nitrogens with zero attached hydrogens (tertiary/aromatic N) is 3. The fourth-order valence-electron chi connectivity index (χ4n) is 3.90. The predicted octanol–water partition coefficient (Wildman–Crippen LogP) is 4.06. The van der Waals surface area contributed by atoms with E-state index in [1.807, 2.05) is 6.07 Å². The maximum atomic E-state index is 5.93. The van der Waals surface area contributed by atoms with Crippen LogP contribution in [-0.2, 0) is 6.42 Å². The van der Waals surface area contributed by atoms with E-state index in [0.29, 0.717) is 17.9 Å². The van der Waals surface area contributed by atoms with Gasteiger partial charge in [0.2, 0.25) is 5.95 Å². The Bertz CT molecular complexity index is 720. The molecule has 1 aliphatic heterocycles. The largest absolute Gasteiger partial charge is 0.368 e. The average Bonchev–Trinajstić information content (AvgIpc) is 2.63. The van der Waals surface area contributed by atoms with Gasteiger partial charge < -0.3 is 16.0 Å². The van der Waals surface area contributed by atoms with E-state index >= 15 is 0 Å². The lowest BCUT2D eigenvalue weighted by Gasteiger charge is -2.29. The molecule has 1 aromatic heterocycles. The molecular formula is C22H33N5. The van der Waals surface area contributed by atoms with E-state index in [1.165, 1.54) is 37.1 Å². The van der Waals surface area contributed by atoms with Crippen molar-refractivity contribution in [3.8, 4) is 0 Å². The molecule has 0 bridgehead atoms. The minimum Gasteiger partial charge on any atom is -0.368 e. The van der Waals surface area contributed by atoms with Gasteiger partial charge in [-0.25, -0.2) is 4.98 Å². The number of rotatable bonds is 7. The van der Waals surface area contributed by atoms with Crippen LogP contribution in [0.1, 0.15) is 62.3 Å². The zero-order valence-corrected chi connectivity index (χ0v) is 16.9. The Morgan fingerprint density at radius 2 is 1.89 bits per heavy atom. The Hall–Kier alpha value is -2.14. The van der Waals surface area contributed by atoms with Crippen LogP contribution in [0.25, 0.3) is 0 Å². The molecule has 0 unspecified atom stereocenters. The second kappa shape index (κ2) is 9.18. The van der Waals surface area contributed by atoms with Gasteiger partial charge in [0, 0.05) is 18.5 Å². The summed E-state index contributed by atoms with van der Waals surface area (Å²) < 4.78 is 0. The number of likely N-dealkylation sites (tertiary alicyclic amines) is 1. The third kappa shape index (κ3) is 5.67. The van der Waals surface area contributed by atoms with Crippen LogP contribution in [0, 0.1) is 0 Å². The van der Waals surface area contributed by atoms with Gasteiger partial charge in [-0.15, -0.1) is 0 Å². The van der Waals surface area contributed by atoms with E-state index in [0.717, 1.165) is 30.8 Å². The highest BCUT2D eigenvalue weighted by Gasteiger charge is 2.18. The molecule has 0 saturated carbocycles. The first kappa shape index (κ1) is 19.6. The number of benzene rings is 1. The van der Waals surface area contributed by atoms with Gasteiger partial charge in [-0.05, 0) is 63.4 Å². The number of aromatic nitrogens is 2. The first-order chi connectivity index (χ1) is 13.0. The first-order valence-corrected chi connectivity index (χ1v) is 10.2. The number of hydrogen-bond donors (Lipinski definition) is 2. The smallest absolute Gasteiger partial charge is 0.222 e. The van der Waals surface area contributed by atoms with E-state index in [4.69, 9.17) is 5.73 Å². The van der Waals surface area contributed by atoms with Crippen LogP contribution >= 0.6 is 0 Å². The molecule has 3 N–H and O–H groups in total. The number of nitrogen functional groups attached to an aromatic ring is 1. The van der Waals surface area contributed by atoms with Gasteiger partial charge in [-0.2, -0.15) is 4.98 Å². The first-order valence-electron chi connectivity index (χ1n) is 10.2. The number of nitrogens with one attached hydrogen (secondary N) is 1. The van der Waals surface area contributed by atoms with Gasteiger partial charge in [0.25, 0.3) is 0 Å². The van der Waals surface area contributed by atoms with E-state index in [1.54, 1.807) is 0 Å². The summed E-state index contributed by atoms with van der Waals surface area (Å²) >= 11 is 0. The zero-order valence-electron chi connectivity index (χ0n) is 16.9. The molecule has 5 heteroatoms.